The summed E-state index contributed by atoms with van der Waals surface area (Å²) in [6, 6.07) is 3.61. The van der Waals surface area contributed by atoms with Gasteiger partial charge in [-0.05, 0) is 69.9 Å². The number of fused-ring (bicyclic) bond motifs is 1. The SMILES string of the molecule is CCc1nc2ccc(Cl)cn2c1C(=O)NCC1CC12CCN(C(=O)OC(C)(C)C)CC2. The number of aromatic nitrogens is 2. The Kier molecular flexibility index (Phi) is 5.66. The lowest BCUT2D eigenvalue weighted by Gasteiger charge is -2.34. The standard InChI is InChI=1S/C23H31ClN4O3/c1-5-17-19(28-14-16(24)6-7-18(28)26-17)20(29)25-13-15-12-23(15)8-10-27(11-9-23)21(30)31-22(2,3)4/h6-7,14-15H,5,8-13H2,1-4H3,(H,25,29). The number of carbonyl (C=O) groups excluding carboxylic acids is 2. The maximum atomic E-state index is 13.0. The van der Waals surface area contributed by atoms with Crippen molar-refractivity contribution in [3.8, 4) is 0 Å². The van der Waals surface area contributed by atoms with Gasteiger partial charge in [0.1, 0.15) is 16.9 Å². The Hall–Kier alpha value is -2.28. The molecule has 2 aliphatic rings. The van der Waals surface area contributed by atoms with Crippen LogP contribution in [0.3, 0.4) is 0 Å². The smallest absolute Gasteiger partial charge is 0.410 e. The van der Waals surface area contributed by atoms with Crippen LogP contribution in [0.1, 0.15) is 63.1 Å². The van der Waals surface area contributed by atoms with Gasteiger partial charge >= 0.3 is 6.09 Å². The molecule has 0 bridgehead atoms. The number of ether oxygens (including phenoxy) is 1. The summed E-state index contributed by atoms with van der Waals surface area (Å²) in [7, 11) is 0. The number of aryl methyl sites for hydroxylation is 1. The van der Waals surface area contributed by atoms with Crippen LogP contribution in [-0.2, 0) is 11.2 Å². The zero-order valence-electron chi connectivity index (χ0n) is 18.7. The molecule has 1 spiro atoms. The Bertz CT molecular complexity index is 1000. The van der Waals surface area contributed by atoms with Gasteiger partial charge in [0, 0.05) is 25.8 Å². The lowest BCUT2D eigenvalue weighted by Crippen LogP contribution is -2.43. The Balaban J connectivity index is 1.34. The first-order valence-electron chi connectivity index (χ1n) is 11.0. The minimum Gasteiger partial charge on any atom is -0.444 e. The van der Waals surface area contributed by atoms with Crippen molar-refractivity contribution in [1.29, 1.82) is 0 Å². The molecule has 2 fully saturated rings. The normalized spacial score (nSPS) is 20.2. The van der Waals surface area contributed by atoms with Crippen LogP contribution < -0.4 is 5.32 Å². The maximum absolute atomic E-state index is 13.0. The van der Waals surface area contributed by atoms with E-state index in [4.69, 9.17) is 16.3 Å². The van der Waals surface area contributed by atoms with E-state index >= 15 is 0 Å². The summed E-state index contributed by atoms with van der Waals surface area (Å²) in [6.07, 6.45) is 5.19. The quantitative estimate of drug-likeness (QED) is 0.758. The molecular weight excluding hydrogens is 416 g/mol. The summed E-state index contributed by atoms with van der Waals surface area (Å²) >= 11 is 6.13. The largest absolute Gasteiger partial charge is 0.444 e. The number of imidazole rings is 1. The molecule has 3 heterocycles. The molecule has 1 aliphatic heterocycles. The van der Waals surface area contributed by atoms with Crippen molar-refractivity contribution < 1.29 is 14.3 Å². The monoisotopic (exact) mass is 446 g/mol. The summed E-state index contributed by atoms with van der Waals surface area (Å²) in [5, 5.41) is 3.69. The second kappa shape index (κ2) is 8.01. The van der Waals surface area contributed by atoms with Gasteiger partial charge in [0.2, 0.25) is 0 Å². The molecule has 2 amide bonds. The second-order valence-electron chi connectivity index (χ2n) is 9.78. The fourth-order valence-corrected chi connectivity index (χ4v) is 4.81. The topological polar surface area (TPSA) is 75.9 Å². The van der Waals surface area contributed by atoms with Gasteiger partial charge in [-0.2, -0.15) is 0 Å². The average Bonchev–Trinajstić information content (AvgIpc) is 3.23. The lowest BCUT2D eigenvalue weighted by atomic mass is 9.91. The predicted molar refractivity (Wildman–Crippen MR) is 119 cm³/mol. The fraction of sp³-hybridized carbons (Fsp3) is 0.609. The van der Waals surface area contributed by atoms with Crippen molar-refractivity contribution in [3.05, 3.63) is 34.7 Å². The third-order valence-electron chi connectivity index (χ3n) is 6.48. The highest BCUT2D eigenvalue weighted by Gasteiger charge is 2.55. The minimum atomic E-state index is -0.474. The van der Waals surface area contributed by atoms with E-state index in [-0.39, 0.29) is 17.4 Å². The minimum absolute atomic E-state index is 0.111. The third-order valence-corrected chi connectivity index (χ3v) is 6.71. The van der Waals surface area contributed by atoms with Crippen molar-refractivity contribution in [2.24, 2.45) is 11.3 Å². The number of nitrogens with one attached hydrogen (secondary N) is 1. The van der Waals surface area contributed by atoms with Crippen molar-refractivity contribution >= 4 is 29.2 Å². The van der Waals surface area contributed by atoms with E-state index in [1.54, 1.807) is 21.6 Å². The Morgan fingerprint density at radius 3 is 2.65 bits per heavy atom. The zero-order chi connectivity index (χ0) is 22.4. The van der Waals surface area contributed by atoms with Gasteiger partial charge in [0.25, 0.3) is 5.91 Å². The Labute approximate surface area is 188 Å². The molecule has 2 aromatic rings. The van der Waals surface area contributed by atoms with Crippen molar-refractivity contribution in [2.45, 2.75) is 59.0 Å². The van der Waals surface area contributed by atoms with E-state index in [9.17, 15) is 9.59 Å². The molecule has 1 atom stereocenters. The molecule has 0 radical (unpaired) electrons. The van der Waals surface area contributed by atoms with E-state index in [0.717, 1.165) is 30.6 Å². The molecule has 31 heavy (non-hydrogen) atoms. The fourth-order valence-electron chi connectivity index (χ4n) is 4.65. The number of halogens is 1. The molecule has 1 N–H and O–H groups in total. The first kappa shape index (κ1) is 21.9. The highest BCUT2D eigenvalue weighted by atomic mass is 35.5. The predicted octanol–water partition coefficient (Wildman–Crippen LogP) is 4.32. The van der Waals surface area contributed by atoms with E-state index in [1.807, 2.05) is 33.8 Å². The number of hydrogen-bond acceptors (Lipinski definition) is 4. The van der Waals surface area contributed by atoms with E-state index in [0.29, 0.717) is 42.7 Å². The van der Waals surface area contributed by atoms with E-state index in [1.165, 1.54) is 0 Å². The van der Waals surface area contributed by atoms with Crippen molar-refractivity contribution in [3.63, 3.8) is 0 Å². The molecular formula is C23H31ClN4O3. The second-order valence-corrected chi connectivity index (χ2v) is 10.2. The number of hydrogen-bond donors (Lipinski definition) is 1. The zero-order valence-corrected chi connectivity index (χ0v) is 19.5. The molecule has 2 aromatic heterocycles. The molecule has 1 unspecified atom stereocenters. The number of amides is 2. The molecule has 4 rings (SSSR count). The summed E-state index contributed by atoms with van der Waals surface area (Å²) in [6.45, 7) is 9.72. The van der Waals surface area contributed by atoms with Gasteiger partial charge in [0.05, 0.1) is 10.7 Å². The van der Waals surface area contributed by atoms with E-state index < -0.39 is 5.60 Å². The number of likely N-dealkylation sites (tertiary alicyclic amines) is 1. The Morgan fingerprint density at radius 1 is 1.29 bits per heavy atom. The molecule has 0 aromatic carbocycles. The summed E-state index contributed by atoms with van der Waals surface area (Å²) < 4.78 is 7.27. The number of pyridine rings is 1. The van der Waals surface area contributed by atoms with Crippen LogP contribution in [0, 0.1) is 11.3 Å². The first-order valence-corrected chi connectivity index (χ1v) is 11.4. The number of nitrogens with zero attached hydrogens (tertiary/aromatic N) is 3. The highest BCUT2D eigenvalue weighted by molar-refractivity contribution is 6.30. The van der Waals surface area contributed by atoms with Crippen LogP contribution in [0.2, 0.25) is 5.02 Å². The molecule has 8 heteroatoms. The van der Waals surface area contributed by atoms with Gasteiger partial charge in [0.15, 0.2) is 0 Å². The Morgan fingerprint density at radius 2 is 2.00 bits per heavy atom. The molecule has 168 valence electrons. The van der Waals surface area contributed by atoms with Gasteiger partial charge in [-0.3, -0.25) is 9.20 Å². The van der Waals surface area contributed by atoms with Gasteiger partial charge in [-0.25, -0.2) is 9.78 Å². The molecule has 1 saturated heterocycles. The van der Waals surface area contributed by atoms with Crippen LogP contribution in [0.4, 0.5) is 4.79 Å². The van der Waals surface area contributed by atoms with Gasteiger partial charge < -0.3 is 15.0 Å². The molecule has 7 nitrogen and oxygen atoms in total. The number of carbonyl (C=O) groups is 2. The number of rotatable bonds is 4. The lowest BCUT2D eigenvalue weighted by molar-refractivity contribution is 0.0165. The van der Waals surface area contributed by atoms with E-state index in [2.05, 4.69) is 10.3 Å². The van der Waals surface area contributed by atoms with Gasteiger partial charge in [-0.1, -0.05) is 18.5 Å². The molecule has 1 aliphatic carbocycles. The number of piperidine rings is 1. The van der Waals surface area contributed by atoms with Crippen LogP contribution >= 0.6 is 11.6 Å². The maximum Gasteiger partial charge on any atom is 0.410 e. The van der Waals surface area contributed by atoms with Gasteiger partial charge in [-0.15, -0.1) is 0 Å². The van der Waals surface area contributed by atoms with Crippen LogP contribution in [0.25, 0.3) is 5.65 Å². The molecule has 1 saturated carbocycles. The summed E-state index contributed by atoms with van der Waals surface area (Å²) in [4.78, 5) is 31.7. The summed E-state index contributed by atoms with van der Waals surface area (Å²) in [5.74, 6) is 0.338. The van der Waals surface area contributed by atoms with Crippen molar-refractivity contribution in [1.82, 2.24) is 19.6 Å². The third kappa shape index (κ3) is 4.52. The van der Waals surface area contributed by atoms with Crippen LogP contribution in [0.15, 0.2) is 18.3 Å². The summed E-state index contributed by atoms with van der Waals surface area (Å²) in [5.41, 5.74) is 1.83. The van der Waals surface area contributed by atoms with Crippen LogP contribution in [0.5, 0.6) is 0 Å². The first-order chi connectivity index (χ1) is 14.6. The average molecular weight is 447 g/mol. The van der Waals surface area contributed by atoms with Crippen molar-refractivity contribution in [2.75, 3.05) is 19.6 Å². The van der Waals surface area contributed by atoms with Crippen LogP contribution in [-0.4, -0.2) is 51.5 Å². The highest BCUT2D eigenvalue weighted by Crippen LogP contribution is 2.59.